The molecule has 0 aliphatic rings. The Labute approximate surface area is 115 Å². The second kappa shape index (κ2) is 5.43. The first-order valence-corrected chi connectivity index (χ1v) is 7.13. The van der Waals surface area contributed by atoms with Crippen LogP contribution >= 0.6 is 0 Å². The van der Waals surface area contributed by atoms with Crippen molar-refractivity contribution < 1.29 is 12.8 Å². The second-order valence-electron chi connectivity index (χ2n) is 4.06. The van der Waals surface area contributed by atoms with E-state index in [1.54, 1.807) is 19.1 Å². The van der Waals surface area contributed by atoms with Crippen LogP contribution in [0.3, 0.4) is 0 Å². The van der Waals surface area contributed by atoms with Gasteiger partial charge in [0.2, 0.25) is 0 Å². The van der Waals surface area contributed by atoms with Gasteiger partial charge in [0.05, 0.1) is 10.6 Å². The number of hydrazine groups is 1. The van der Waals surface area contributed by atoms with Crippen LogP contribution in [0.15, 0.2) is 41.4 Å². The third-order valence-corrected chi connectivity index (χ3v) is 3.99. The van der Waals surface area contributed by atoms with Crippen LogP contribution in [0.4, 0.5) is 15.9 Å². The second-order valence-corrected chi connectivity index (χ2v) is 5.75. The van der Waals surface area contributed by atoms with E-state index >= 15 is 0 Å². The number of rotatable bonds is 4. The van der Waals surface area contributed by atoms with Gasteiger partial charge in [-0.3, -0.25) is 4.72 Å². The van der Waals surface area contributed by atoms with Crippen molar-refractivity contribution in [1.82, 2.24) is 4.98 Å². The molecular weight excluding hydrogens is 283 g/mol. The van der Waals surface area contributed by atoms with Crippen molar-refractivity contribution in [3.05, 3.63) is 47.9 Å². The molecule has 0 fully saturated rings. The van der Waals surface area contributed by atoms with E-state index in [2.05, 4.69) is 15.1 Å². The smallest absolute Gasteiger partial charge is 0.262 e. The van der Waals surface area contributed by atoms with E-state index in [9.17, 15) is 12.8 Å². The maximum atomic E-state index is 13.8. The Bertz CT molecular complexity index is 734. The summed E-state index contributed by atoms with van der Waals surface area (Å²) in [7, 11) is -3.91. The number of sulfonamides is 1. The van der Waals surface area contributed by atoms with E-state index < -0.39 is 15.8 Å². The molecule has 1 aromatic heterocycles. The highest BCUT2D eigenvalue weighted by atomic mass is 32.2. The fraction of sp³-hybridized carbons (Fsp3) is 0.0833. The summed E-state index contributed by atoms with van der Waals surface area (Å²) in [5.74, 6) is 4.75. The number of anilines is 2. The molecule has 2 rings (SSSR count). The summed E-state index contributed by atoms with van der Waals surface area (Å²) in [6, 6.07) is 7.00. The molecule has 2 aromatic rings. The van der Waals surface area contributed by atoms with E-state index in [1.807, 2.05) is 0 Å². The van der Waals surface area contributed by atoms with Crippen molar-refractivity contribution in [2.45, 2.75) is 11.8 Å². The van der Waals surface area contributed by atoms with Gasteiger partial charge in [0, 0.05) is 12.3 Å². The molecule has 0 radical (unpaired) electrons. The van der Waals surface area contributed by atoms with Gasteiger partial charge in [-0.15, -0.1) is 0 Å². The highest BCUT2D eigenvalue weighted by Crippen LogP contribution is 2.21. The lowest BCUT2D eigenvalue weighted by atomic mass is 10.2. The average molecular weight is 296 g/mol. The Morgan fingerprint density at radius 2 is 2.05 bits per heavy atom. The summed E-state index contributed by atoms with van der Waals surface area (Å²) in [6.07, 6.45) is 1.29. The minimum Gasteiger partial charge on any atom is -0.308 e. The van der Waals surface area contributed by atoms with Gasteiger partial charge in [0.25, 0.3) is 10.0 Å². The van der Waals surface area contributed by atoms with Gasteiger partial charge < -0.3 is 5.43 Å². The Morgan fingerprint density at radius 1 is 1.30 bits per heavy atom. The molecule has 8 heteroatoms. The molecule has 1 heterocycles. The number of aromatic nitrogens is 1. The van der Waals surface area contributed by atoms with E-state index in [4.69, 9.17) is 5.84 Å². The van der Waals surface area contributed by atoms with Gasteiger partial charge in [-0.25, -0.2) is 23.6 Å². The van der Waals surface area contributed by atoms with Gasteiger partial charge in [-0.1, -0.05) is 12.1 Å². The summed E-state index contributed by atoms with van der Waals surface area (Å²) in [6.45, 7) is 1.55. The number of nitrogens with one attached hydrogen (secondary N) is 2. The van der Waals surface area contributed by atoms with Gasteiger partial charge >= 0.3 is 0 Å². The Hall–Kier alpha value is -2.19. The number of nitrogen functional groups attached to an aromatic ring is 1. The number of hydrogen-bond acceptors (Lipinski definition) is 5. The molecule has 0 bridgehead atoms. The summed E-state index contributed by atoms with van der Waals surface area (Å²) in [5, 5.41) is 0. The normalized spacial score (nSPS) is 11.2. The quantitative estimate of drug-likeness (QED) is 0.588. The zero-order valence-corrected chi connectivity index (χ0v) is 11.4. The van der Waals surface area contributed by atoms with E-state index in [0.717, 1.165) is 0 Å². The summed E-state index contributed by atoms with van der Waals surface area (Å²) in [4.78, 5) is 3.74. The fourth-order valence-corrected chi connectivity index (χ4v) is 2.66. The maximum absolute atomic E-state index is 13.8. The Kier molecular flexibility index (Phi) is 3.86. The third-order valence-electron chi connectivity index (χ3n) is 2.63. The Morgan fingerprint density at radius 3 is 2.75 bits per heavy atom. The van der Waals surface area contributed by atoms with Gasteiger partial charge in [-0.2, -0.15) is 0 Å². The number of hydrogen-bond donors (Lipinski definition) is 3. The largest absolute Gasteiger partial charge is 0.308 e. The summed E-state index contributed by atoms with van der Waals surface area (Å²) < 4.78 is 40.3. The van der Waals surface area contributed by atoms with Crippen LogP contribution in [0.1, 0.15) is 5.56 Å². The predicted octanol–water partition coefficient (Wildman–Crippen LogP) is 1.62. The minimum atomic E-state index is -3.91. The first-order valence-electron chi connectivity index (χ1n) is 5.64. The monoisotopic (exact) mass is 296 g/mol. The van der Waals surface area contributed by atoms with Crippen LogP contribution in [0, 0.1) is 12.7 Å². The highest BCUT2D eigenvalue weighted by molar-refractivity contribution is 7.92. The van der Waals surface area contributed by atoms with Gasteiger partial charge in [0.15, 0.2) is 0 Å². The topological polar surface area (TPSA) is 97.1 Å². The predicted molar refractivity (Wildman–Crippen MR) is 74.0 cm³/mol. The first-order chi connectivity index (χ1) is 9.44. The van der Waals surface area contributed by atoms with E-state index in [-0.39, 0.29) is 16.4 Å². The molecule has 4 N–H and O–H groups in total. The van der Waals surface area contributed by atoms with E-state index in [1.165, 1.54) is 24.4 Å². The van der Waals surface area contributed by atoms with Crippen LogP contribution in [-0.4, -0.2) is 13.4 Å². The highest BCUT2D eigenvalue weighted by Gasteiger charge is 2.17. The number of benzene rings is 1. The van der Waals surface area contributed by atoms with Crippen LogP contribution in [0.25, 0.3) is 0 Å². The number of halogens is 1. The zero-order valence-electron chi connectivity index (χ0n) is 10.6. The molecule has 0 unspecified atom stereocenters. The number of nitrogens with two attached hydrogens (primary N) is 1. The van der Waals surface area contributed by atoms with Crippen molar-refractivity contribution >= 4 is 21.5 Å². The van der Waals surface area contributed by atoms with Crippen molar-refractivity contribution in [2.75, 3.05) is 10.1 Å². The van der Waals surface area contributed by atoms with E-state index in [0.29, 0.717) is 5.56 Å². The lowest BCUT2D eigenvalue weighted by Crippen LogP contribution is -2.15. The van der Waals surface area contributed by atoms with Crippen molar-refractivity contribution in [1.29, 1.82) is 0 Å². The molecule has 106 valence electrons. The third kappa shape index (κ3) is 2.86. The lowest BCUT2D eigenvalue weighted by Gasteiger charge is -2.10. The molecule has 0 aliphatic carbocycles. The standard InChI is InChI=1S/C12H13FN4O2S/c1-8-3-2-4-10(12(8)13)17-20(18,19)9-5-6-15-11(7-9)16-14/h2-7,17H,14H2,1H3,(H,15,16). The molecule has 0 saturated heterocycles. The summed E-state index contributed by atoms with van der Waals surface area (Å²) >= 11 is 0. The van der Waals surface area contributed by atoms with Gasteiger partial charge in [0.1, 0.15) is 11.6 Å². The zero-order chi connectivity index (χ0) is 14.8. The molecule has 20 heavy (non-hydrogen) atoms. The number of aryl methyl sites for hydroxylation is 1. The lowest BCUT2D eigenvalue weighted by molar-refractivity contribution is 0.597. The van der Waals surface area contributed by atoms with Gasteiger partial charge in [-0.05, 0) is 24.6 Å². The van der Waals surface area contributed by atoms with Crippen molar-refractivity contribution in [2.24, 2.45) is 5.84 Å². The minimum absolute atomic E-state index is 0.0682. The number of pyridine rings is 1. The Balaban J connectivity index is 2.38. The molecule has 0 saturated carbocycles. The molecule has 6 nitrogen and oxygen atoms in total. The molecule has 0 spiro atoms. The van der Waals surface area contributed by atoms with Crippen molar-refractivity contribution in [3.63, 3.8) is 0 Å². The molecular formula is C12H13FN4O2S. The number of nitrogens with zero attached hydrogens (tertiary/aromatic N) is 1. The summed E-state index contributed by atoms with van der Waals surface area (Å²) in [5.41, 5.74) is 2.49. The average Bonchev–Trinajstić information content (AvgIpc) is 2.44. The fourth-order valence-electron chi connectivity index (χ4n) is 1.59. The van der Waals surface area contributed by atoms with Crippen LogP contribution < -0.4 is 16.0 Å². The molecule has 0 atom stereocenters. The SMILES string of the molecule is Cc1cccc(NS(=O)(=O)c2ccnc(NN)c2)c1F. The molecule has 1 aromatic carbocycles. The molecule has 0 amide bonds. The molecule has 0 aliphatic heterocycles. The van der Waals surface area contributed by atoms with Crippen LogP contribution in [-0.2, 0) is 10.0 Å². The van der Waals surface area contributed by atoms with Crippen LogP contribution in [0.2, 0.25) is 0 Å². The van der Waals surface area contributed by atoms with Crippen LogP contribution in [0.5, 0.6) is 0 Å². The first kappa shape index (κ1) is 14.2. The maximum Gasteiger partial charge on any atom is 0.262 e. The van der Waals surface area contributed by atoms with Crippen molar-refractivity contribution in [3.8, 4) is 0 Å².